The van der Waals surface area contributed by atoms with E-state index in [2.05, 4.69) is 0 Å². The minimum atomic E-state index is -1.80. The largest absolute Gasteiger partial charge is 0.289 e. The van der Waals surface area contributed by atoms with Crippen molar-refractivity contribution in [2.24, 2.45) is 0 Å². The van der Waals surface area contributed by atoms with Crippen molar-refractivity contribution < 1.29 is 21.0 Å². The van der Waals surface area contributed by atoms with Crippen LogP contribution in [0.1, 0.15) is 27.7 Å². The highest BCUT2D eigenvalue weighted by Crippen LogP contribution is 2.23. The summed E-state index contributed by atoms with van der Waals surface area (Å²) < 4.78 is 7.48. The molecule has 0 bridgehead atoms. The maximum absolute atomic E-state index is 11.9. The van der Waals surface area contributed by atoms with Crippen molar-refractivity contribution in [3.05, 3.63) is 34.9 Å². The molecule has 0 saturated heterocycles. The number of nitrogens with zero attached hydrogens (tertiary/aromatic N) is 1. The molecule has 0 saturated carbocycles. The van der Waals surface area contributed by atoms with Crippen LogP contribution in [0.15, 0.2) is 18.2 Å². The van der Waals surface area contributed by atoms with Gasteiger partial charge in [0.25, 0.3) is 17.7 Å². The van der Waals surface area contributed by atoms with Crippen LogP contribution < -0.4 is 5.48 Å². The van der Waals surface area contributed by atoms with Gasteiger partial charge in [0.05, 0.1) is 12.5 Å². The molecule has 17 heavy (non-hydrogen) atoms. The van der Waals surface area contributed by atoms with Crippen LogP contribution in [-0.2, 0) is 4.79 Å². The monoisotopic (exact) mass is 236 g/mol. The van der Waals surface area contributed by atoms with Crippen molar-refractivity contribution >= 4 is 17.7 Å². The summed E-state index contributed by atoms with van der Waals surface area (Å²) >= 11 is 0. The van der Waals surface area contributed by atoms with Crippen LogP contribution in [0, 0.1) is 6.92 Å². The average molecular weight is 236 g/mol. The Labute approximate surface area is 98.2 Å². The molecule has 3 amide bonds. The molecule has 1 aromatic carbocycles. The number of amides is 3. The maximum Gasteiger partial charge on any atom is 0.263 e. The van der Waals surface area contributed by atoms with Crippen molar-refractivity contribution in [2.75, 3.05) is 6.52 Å². The lowest BCUT2D eigenvalue weighted by atomic mass is 10.1. The molecular formula is C11H10N2O4. The van der Waals surface area contributed by atoms with Gasteiger partial charge in [-0.25, -0.2) is 5.48 Å². The summed E-state index contributed by atoms with van der Waals surface area (Å²) in [7, 11) is 0. The number of imide groups is 1. The molecule has 0 fully saturated rings. The van der Waals surface area contributed by atoms with Gasteiger partial charge in [0.2, 0.25) is 0 Å². The van der Waals surface area contributed by atoms with Crippen LogP contribution in [0.2, 0.25) is 0 Å². The molecule has 2 rings (SSSR count). The minimum Gasteiger partial charge on any atom is -0.289 e. The van der Waals surface area contributed by atoms with Gasteiger partial charge in [-0.15, -0.1) is 0 Å². The highest BCUT2D eigenvalue weighted by molar-refractivity contribution is 6.22. The van der Waals surface area contributed by atoms with E-state index in [-0.39, 0.29) is 11.1 Å². The van der Waals surface area contributed by atoms with Gasteiger partial charge in [-0.05, 0) is 19.1 Å². The topological polar surface area (TPSA) is 86.7 Å². The average Bonchev–Trinajstić information content (AvgIpc) is 2.60. The van der Waals surface area contributed by atoms with Crippen molar-refractivity contribution in [1.29, 1.82) is 0 Å². The van der Waals surface area contributed by atoms with Crippen LogP contribution in [0.4, 0.5) is 0 Å². The van der Waals surface area contributed by atoms with E-state index in [4.69, 9.17) is 6.58 Å². The SMILES string of the molecule is [3H][C@@H](C(=O)NO)N1C(=O)c2ccc(C)cc2C1=O. The van der Waals surface area contributed by atoms with Crippen molar-refractivity contribution in [1.82, 2.24) is 10.4 Å². The number of hydroxylamine groups is 1. The lowest BCUT2D eigenvalue weighted by Crippen LogP contribution is -2.39. The van der Waals surface area contributed by atoms with Gasteiger partial charge in [-0.1, -0.05) is 11.6 Å². The predicted octanol–water partition coefficient (Wildman–Crippen LogP) is 0.0964. The fourth-order valence-electron chi connectivity index (χ4n) is 1.64. The van der Waals surface area contributed by atoms with E-state index in [0.717, 1.165) is 5.56 Å². The van der Waals surface area contributed by atoms with Gasteiger partial charge in [0, 0.05) is 0 Å². The number of hydrogen-bond donors (Lipinski definition) is 2. The van der Waals surface area contributed by atoms with Gasteiger partial charge >= 0.3 is 0 Å². The summed E-state index contributed by atoms with van der Waals surface area (Å²) in [5.74, 6) is -2.55. The fourth-order valence-corrected chi connectivity index (χ4v) is 1.64. The maximum atomic E-state index is 11.9. The van der Waals surface area contributed by atoms with E-state index in [1.165, 1.54) is 17.6 Å². The normalized spacial score (nSPS) is 16.6. The molecular weight excluding hydrogens is 224 g/mol. The Morgan fingerprint density at radius 2 is 2.06 bits per heavy atom. The summed E-state index contributed by atoms with van der Waals surface area (Å²) in [4.78, 5) is 35.5. The first kappa shape index (κ1) is 9.98. The molecule has 0 aromatic heterocycles. The second kappa shape index (κ2) is 3.99. The summed E-state index contributed by atoms with van der Waals surface area (Å²) in [5, 5.41) is 8.43. The summed E-state index contributed by atoms with van der Waals surface area (Å²) in [6.07, 6.45) is 0. The van der Waals surface area contributed by atoms with Gasteiger partial charge in [0.15, 0.2) is 0 Å². The van der Waals surface area contributed by atoms with E-state index in [1.807, 2.05) is 0 Å². The Balaban J connectivity index is 2.43. The van der Waals surface area contributed by atoms with E-state index in [1.54, 1.807) is 13.0 Å². The number of hydrogen-bond acceptors (Lipinski definition) is 4. The van der Waals surface area contributed by atoms with Crippen molar-refractivity contribution in [3.63, 3.8) is 0 Å². The number of rotatable bonds is 2. The zero-order chi connectivity index (χ0) is 13.4. The third-order valence-corrected chi connectivity index (χ3v) is 2.43. The van der Waals surface area contributed by atoms with Crippen LogP contribution in [-0.4, -0.2) is 34.3 Å². The Morgan fingerprint density at radius 3 is 2.71 bits per heavy atom. The minimum absolute atomic E-state index is 0.161. The third kappa shape index (κ3) is 1.78. The van der Waals surface area contributed by atoms with Crippen LogP contribution >= 0.6 is 0 Å². The first-order valence-corrected chi connectivity index (χ1v) is 4.82. The number of nitrogens with one attached hydrogen (secondary N) is 1. The number of carbonyl (C=O) groups excluding carboxylic acids is 3. The Bertz CT molecular complexity index is 558. The quantitative estimate of drug-likeness (QED) is 0.433. The Kier molecular flexibility index (Phi) is 2.34. The first-order valence-electron chi connectivity index (χ1n) is 5.40. The number of fused-ring (bicyclic) bond motifs is 1. The molecule has 88 valence electrons. The molecule has 1 aromatic rings. The zero-order valence-electron chi connectivity index (χ0n) is 9.93. The van der Waals surface area contributed by atoms with Gasteiger partial charge < -0.3 is 0 Å². The zero-order valence-corrected chi connectivity index (χ0v) is 8.93. The Hall–Kier alpha value is -2.21. The predicted molar refractivity (Wildman–Crippen MR) is 56.5 cm³/mol. The van der Waals surface area contributed by atoms with E-state index < -0.39 is 24.2 Å². The molecule has 1 heterocycles. The molecule has 2 N–H and O–H groups in total. The standard InChI is InChI=1S/C11H10N2O4/c1-6-2-3-7-8(4-6)11(16)13(10(7)15)5-9(14)12-17/h2-4,17H,5H2,1H3,(H,12,14)/i5T/t5-/m0/s1. The van der Waals surface area contributed by atoms with Crippen molar-refractivity contribution in [2.45, 2.75) is 6.92 Å². The van der Waals surface area contributed by atoms with Crippen molar-refractivity contribution in [3.8, 4) is 0 Å². The molecule has 1 atom stereocenters. The van der Waals surface area contributed by atoms with Crippen LogP contribution in [0.5, 0.6) is 0 Å². The second-order valence-electron chi connectivity index (χ2n) is 3.63. The number of carbonyl (C=O) groups is 3. The highest BCUT2D eigenvalue weighted by atomic mass is 16.5. The lowest BCUT2D eigenvalue weighted by molar-refractivity contribution is -0.129. The summed E-state index contributed by atoms with van der Waals surface area (Å²) in [6.45, 7) is -0.0398. The molecule has 1 aliphatic rings. The first-order chi connectivity index (χ1) is 8.47. The molecule has 0 unspecified atom stereocenters. The number of aryl methyl sites for hydroxylation is 1. The molecule has 6 heteroatoms. The molecule has 0 spiro atoms. The summed E-state index contributed by atoms with van der Waals surface area (Å²) in [5.41, 5.74) is 2.37. The highest BCUT2D eigenvalue weighted by Gasteiger charge is 2.36. The smallest absolute Gasteiger partial charge is 0.263 e. The molecule has 6 nitrogen and oxygen atoms in total. The van der Waals surface area contributed by atoms with E-state index in [0.29, 0.717) is 4.90 Å². The van der Waals surface area contributed by atoms with Gasteiger partial charge in [-0.3, -0.25) is 24.5 Å². The molecule has 1 aliphatic heterocycles. The van der Waals surface area contributed by atoms with Crippen LogP contribution in [0.25, 0.3) is 0 Å². The van der Waals surface area contributed by atoms with Crippen LogP contribution in [0.3, 0.4) is 0 Å². The van der Waals surface area contributed by atoms with Gasteiger partial charge in [-0.2, -0.15) is 0 Å². The Morgan fingerprint density at radius 1 is 1.41 bits per heavy atom. The fraction of sp³-hybridized carbons (Fsp3) is 0.182. The molecule has 0 radical (unpaired) electrons. The van der Waals surface area contributed by atoms with Gasteiger partial charge in [0.1, 0.15) is 6.52 Å². The third-order valence-electron chi connectivity index (χ3n) is 2.43. The van der Waals surface area contributed by atoms with E-state index >= 15 is 0 Å². The second-order valence-corrected chi connectivity index (χ2v) is 3.63. The molecule has 0 aliphatic carbocycles. The summed E-state index contributed by atoms with van der Waals surface area (Å²) in [6, 6.07) is 4.67. The lowest BCUT2D eigenvalue weighted by Gasteiger charge is -2.11. The van der Waals surface area contributed by atoms with E-state index in [9.17, 15) is 14.4 Å². The number of benzene rings is 1.